The van der Waals surface area contributed by atoms with Gasteiger partial charge in [0.1, 0.15) is 16.4 Å². The number of rotatable bonds is 2. The molecule has 0 saturated carbocycles. The molecule has 17 heavy (non-hydrogen) atoms. The monoisotopic (exact) mass is 255 g/mol. The third-order valence-corrected chi connectivity index (χ3v) is 3.54. The molecule has 5 heteroatoms. The van der Waals surface area contributed by atoms with E-state index in [-0.39, 0.29) is 10.3 Å². The average molecular weight is 255 g/mol. The molecule has 2 rings (SSSR count). The second-order valence-electron chi connectivity index (χ2n) is 4.95. The Hall–Kier alpha value is -1.07. The van der Waals surface area contributed by atoms with Gasteiger partial charge < -0.3 is 14.0 Å². The van der Waals surface area contributed by atoms with Crippen molar-refractivity contribution in [2.75, 3.05) is 13.7 Å². The Balaban J connectivity index is 2.55. The van der Waals surface area contributed by atoms with Gasteiger partial charge in [-0.2, -0.15) is 0 Å². The van der Waals surface area contributed by atoms with Gasteiger partial charge >= 0.3 is 0 Å². The Bertz CT molecular complexity index is 468. The van der Waals surface area contributed by atoms with Crippen LogP contribution in [0, 0.1) is 5.41 Å². The van der Waals surface area contributed by atoms with Crippen LogP contribution in [0.15, 0.2) is 17.0 Å². The molecule has 0 amide bonds. The molecule has 1 unspecified atom stereocenters. The highest BCUT2D eigenvalue weighted by Crippen LogP contribution is 2.41. The molecule has 1 atom stereocenters. The summed E-state index contributed by atoms with van der Waals surface area (Å²) in [5.74, 6) is 0.772. The van der Waals surface area contributed by atoms with E-state index in [1.807, 2.05) is 6.07 Å². The van der Waals surface area contributed by atoms with E-state index in [0.29, 0.717) is 18.1 Å². The predicted molar refractivity (Wildman–Crippen MR) is 63.2 cm³/mol. The van der Waals surface area contributed by atoms with Gasteiger partial charge in [0, 0.05) is 5.41 Å². The fourth-order valence-electron chi connectivity index (χ4n) is 2.04. The minimum absolute atomic E-state index is 0.0310. The maximum atomic E-state index is 11.3. The van der Waals surface area contributed by atoms with Crippen LogP contribution >= 0.6 is 0 Å². The first-order valence-electron chi connectivity index (χ1n) is 5.36. The number of fused-ring (bicyclic) bond motifs is 1. The summed E-state index contributed by atoms with van der Waals surface area (Å²) < 4.78 is 33.2. The fraction of sp³-hybridized carbons (Fsp3) is 0.500. The van der Waals surface area contributed by atoms with Crippen LogP contribution < -0.4 is 9.47 Å². The summed E-state index contributed by atoms with van der Waals surface area (Å²) in [7, 11) is 1.45. The van der Waals surface area contributed by atoms with Crippen LogP contribution in [0.25, 0.3) is 0 Å². The van der Waals surface area contributed by atoms with Gasteiger partial charge in [-0.15, -0.1) is 0 Å². The number of methoxy groups -OCH3 is 1. The van der Waals surface area contributed by atoms with Gasteiger partial charge in [0.2, 0.25) is 0 Å². The molecule has 1 aromatic carbocycles. The SMILES string of the molecule is COc1ccc2c(c1S(=O)[O-])OCC(C)(C)C2. The second kappa shape index (κ2) is 4.31. The van der Waals surface area contributed by atoms with E-state index in [2.05, 4.69) is 13.8 Å². The molecule has 0 spiro atoms. The summed E-state index contributed by atoms with van der Waals surface area (Å²) in [6.07, 6.45) is 0.802. The van der Waals surface area contributed by atoms with Crippen LogP contribution in [0.4, 0.5) is 0 Å². The van der Waals surface area contributed by atoms with Gasteiger partial charge in [0.25, 0.3) is 0 Å². The van der Waals surface area contributed by atoms with E-state index >= 15 is 0 Å². The highest BCUT2D eigenvalue weighted by molar-refractivity contribution is 7.79. The standard InChI is InChI=1S/C12H16O4S/c1-12(2)6-8-4-5-9(15-3)11(17(13)14)10(8)16-7-12/h4-5H,6-7H2,1-3H3,(H,13,14)/p-1. The number of benzene rings is 1. The molecule has 0 N–H and O–H groups in total. The molecule has 0 fully saturated rings. The van der Waals surface area contributed by atoms with Gasteiger partial charge in [-0.25, -0.2) is 0 Å². The summed E-state index contributed by atoms with van der Waals surface area (Å²) in [6.45, 7) is 4.69. The van der Waals surface area contributed by atoms with Crippen LogP contribution in [-0.4, -0.2) is 22.5 Å². The minimum atomic E-state index is -2.35. The molecule has 1 aliphatic rings. The van der Waals surface area contributed by atoms with Crippen molar-refractivity contribution in [3.63, 3.8) is 0 Å². The molecule has 0 aromatic heterocycles. The van der Waals surface area contributed by atoms with Gasteiger partial charge in [-0.05, 0) is 29.1 Å². The van der Waals surface area contributed by atoms with Crippen molar-refractivity contribution in [3.8, 4) is 11.5 Å². The summed E-state index contributed by atoms with van der Waals surface area (Å²) in [5, 5.41) is 0. The van der Waals surface area contributed by atoms with Gasteiger partial charge in [0.15, 0.2) is 0 Å². The van der Waals surface area contributed by atoms with Crippen molar-refractivity contribution < 1.29 is 18.2 Å². The smallest absolute Gasteiger partial charge is 0.141 e. The Labute approximate surface area is 103 Å². The predicted octanol–water partition coefficient (Wildman–Crippen LogP) is 1.89. The first-order valence-corrected chi connectivity index (χ1v) is 6.44. The lowest BCUT2D eigenvalue weighted by molar-refractivity contribution is 0.149. The van der Waals surface area contributed by atoms with Crippen LogP contribution in [0.3, 0.4) is 0 Å². The maximum absolute atomic E-state index is 11.3. The maximum Gasteiger partial charge on any atom is 0.141 e. The van der Waals surface area contributed by atoms with E-state index in [9.17, 15) is 8.76 Å². The number of ether oxygens (including phenoxy) is 2. The van der Waals surface area contributed by atoms with Crippen molar-refractivity contribution in [1.82, 2.24) is 0 Å². The topological polar surface area (TPSA) is 58.6 Å². The largest absolute Gasteiger partial charge is 0.768 e. The highest BCUT2D eigenvalue weighted by Gasteiger charge is 2.29. The zero-order chi connectivity index (χ0) is 12.6. The molecule has 4 nitrogen and oxygen atoms in total. The average Bonchev–Trinajstić information content (AvgIpc) is 2.25. The first-order chi connectivity index (χ1) is 7.94. The summed E-state index contributed by atoms with van der Waals surface area (Å²) >= 11 is -2.35. The van der Waals surface area contributed by atoms with E-state index in [4.69, 9.17) is 9.47 Å². The Morgan fingerprint density at radius 3 is 2.76 bits per heavy atom. The number of hydrogen-bond donors (Lipinski definition) is 0. The molecular formula is C12H15O4S-. The summed E-state index contributed by atoms with van der Waals surface area (Å²) in [4.78, 5) is 0.125. The van der Waals surface area contributed by atoms with E-state index < -0.39 is 11.1 Å². The van der Waals surface area contributed by atoms with Crippen LogP contribution in [0.1, 0.15) is 19.4 Å². The van der Waals surface area contributed by atoms with E-state index in [0.717, 1.165) is 12.0 Å². The Morgan fingerprint density at radius 1 is 1.47 bits per heavy atom. The summed E-state index contributed by atoms with van der Waals surface area (Å²) in [5.41, 5.74) is 0.949. The van der Waals surface area contributed by atoms with Crippen LogP contribution in [0.5, 0.6) is 11.5 Å². The van der Waals surface area contributed by atoms with Gasteiger partial charge in [-0.1, -0.05) is 19.9 Å². The van der Waals surface area contributed by atoms with Crippen molar-refractivity contribution >= 4 is 11.1 Å². The molecule has 94 valence electrons. The molecular weight excluding hydrogens is 240 g/mol. The molecule has 1 aromatic rings. The lowest BCUT2D eigenvalue weighted by atomic mass is 9.84. The van der Waals surface area contributed by atoms with Gasteiger partial charge in [0.05, 0.1) is 13.7 Å². The third kappa shape index (κ3) is 2.30. The zero-order valence-corrected chi connectivity index (χ0v) is 10.9. The molecule has 0 radical (unpaired) electrons. The van der Waals surface area contributed by atoms with Crippen molar-refractivity contribution in [1.29, 1.82) is 0 Å². The van der Waals surface area contributed by atoms with Crippen molar-refractivity contribution in [2.45, 2.75) is 25.2 Å². The van der Waals surface area contributed by atoms with Crippen LogP contribution in [-0.2, 0) is 17.5 Å². The van der Waals surface area contributed by atoms with Gasteiger partial charge in [-0.3, -0.25) is 4.21 Å². The molecule has 0 saturated heterocycles. The molecule has 1 aliphatic heterocycles. The van der Waals surface area contributed by atoms with E-state index in [1.165, 1.54) is 7.11 Å². The molecule has 0 bridgehead atoms. The Kier molecular flexibility index (Phi) is 3.14. The first kappa shape index (κ1) is 12.4. The minimum Gasteiger partial charge on any atom is -0.768 e. The van der Waals surface area contributed by atoms with Crippen LogP contribution in [0.2, 0.25) is 0 Å². The molecule has 0 aliphatic carbocycles. The quantitative estimate of drug-likeness (QED) is 0.757. The lowest BCUT2D eigenvalue weighted by Gasteiger charge is -2.33. The fourth-order valence-corrected chi connectivity index (χ4v) is 2.69. The highest BCUT2D eigenvalue weighted by atomic mass is 32.2. The van der Waals surface area contributed by atoms with Crippen molar-refractivity contribution in [3.05, 3.63) is 17.7 Å². The zero-order valence-electron chi connectivity index (χ0n) is 10.1. The molecule has 1 heterocycles. The second-order valence-corrected chi connectivity index (χ2v) is 5.83. The normalized spacial score (nSPS) is 19.1. The third-order valence-electron chi connectivity index (χ3n) is 2.82. The number of hydrogen-bond acceptors (Lipinski definition) is 4. The van der Waals surface area contributed by atoms with E-state index in [1.54, 1.807) is 6.07 Å². The lowest BCUT2D eigenvalue weighted by Crippen LogP contribution is -2.29. The van der Waals surface area contributed by atoms with Crippen molar-refractivity contribution in [2.24, 2.45) is 5.41 Å². The Morgan fingerprint density at radius 2 is 2.18 bits per heavy atom. The summed E-state index contributed by atoms with van der Waals surface area (Å²) in [6, 6.07) is 3.54.